The molecule has 0 radical (unpaired) electrons. The summed E-state index contributed by atoms with van der Waals surface area (Å²) in [6, 6.07) is 13.0. The van der Waals surface area contributed by atoms with Crippen molar-refractivity contribution in [3.8, 4) is 6.07 Å². The van der Waals surface area contributed by atoms with Gasteiger partial charge in [-0.3, -0.25) is 9.78 Å². The van der Waals surface area contributed by atoms with Crippen LogP contribution in [0, 0.1) is 24.2 Å². The molecular weight excluding hydrogens is 312 g/mol. The summed E-state index contributed by atoms with van der Waals surface area (Å²) in [5.41, 5.74) is 3.45. The topological polar surface area (TPSA) is 77.8 Å². The van der Waals surface area contributed by atoms with Crippen molar-refractivity contribution >= 4 is 11.6 Å². The van der Waals surface area contributed by atoms with E-state index < -0.39 is 0 Å². The minimum atomic E-state index is -0.0579. The molecule has 0 aliphatic heterocycles. The fraction of sp³-hybridized carbons (Fsp3) is 0.350. The Labute approximate surface area is 149 Å². The van der Waals surface area contributed by atoms with E-state index in [9.17, 15) is 4.79 Å². The molecule has 5 heteroatoms. The molecule has 25 heavy (non-hydrogen) atoms. The van der Waals surface area contributed by atoms with E-state index in [1.54, 1.807) is 30.5 Å². The van der Waals surface area contributed by atoms with Crippen molar-refractivity contribution in [1.29, 1.82) is 5.26 Å². The lowest BCUT2D eigenvalue weighted by Crippen LogP contribution is -2.30. The smallest absolute Gasteiger partial charge is 0.225 e. The largest absolute Gasteiger partial charge is 0.326 e. The zero-order chi connectivity index (χ0) is 18.2. The normalized spacial score (nSPS) is 11.8. The molecule has 2 rings (SSSR count). The summed E-state index contributed by atoms with van der Waals surface area (Å²) < 4.78 is 0. The predicted molar refractivity (Wildman–Crippen MR) is 99.0 cm³/mol. The molecule has 130 valence electrons. The van der Waals surface area contributed by atoms with Gasteiger partial charge in [-0.25, -0.2) is 0 Å². The van der Waals surface area contributed by atoms with Crippen molar-refractivity contribution in [2.45, 2.75) is 33.2 Å². The van der Waals surface area contributed by atoms with Crippen molar-refractivity contribution in [1.82, 2.24) is 10.3 Å². The van der Waals surface area contributed by atoms with E-state index in [4.69, 9.17) is 5.26 Å². The molecule has 1 aromatic heterocycles. The quantitative estimate of drug-likeness (QED) is 0.810. The Hall–Kier alpha value is -2.71. The molecule has 1 aromatic carbocycles. The van der Waals surface area contributed by atoms with Crippen LogP contribution in [0.15, 0.2) is 42.6 Å². The molecule has 1 atom stereocenters. The van der Waals surface area contributed by atoms with Gasteiger partial charge in [0.05, 0.1) is 23.4 Å². The van der Waals surface area contributed by atoms with E-state index in [1.165, 1.54) is 0 Å². The Morgan fingerprint density at radius 3 is 2.56 bits per heavy atom. The number of nitriles is 1. The summed E-state index contributed by atoms with van der Waals surface area (Å²) in [5, 5.41) is 15.1. The molecule has 1 amide bonds. The number of amides is 1. The highest BCUT2D eigenvalue weighted by Crippen LogP contribution is 2.22. The van der Waals surface area contributed by atoms with Gasteiger partial charge in [0.2, 0.25) is 5.91 Å². The van der Waals surface area contributed by atoms with Crippen molar-refractivity contribution in [2.75, 3.05) is 11.9 Å². The maximum absolute atomic E-state index is 12.1. The van der Waals surface area contributed by atoms with E-state index in [0.717, 1.165) is 11.3 Å². The van der Waals surface area contributed by atoms with E-state index in [-0.39, 0.29) is 11.9 Å². The molecule has 1 heterocycles. The van der Waals surface area contributed by atoms with Gasteiger partial charge in [-0.2, -0.15) is 5.26 Å². The number of hydrogen-bond acceptors (Lipinski definition) is 4. The number of nitrogens with zero attached hydrogens (tertiary/aromatic N) is 2. The molecule has 2 N–H and O–H groups in total. The summed E-state index contributed by atoms with van der Waals surface area (Å²) in [4.78, 5) is 16.6. The SMILES string of the molecule is Cc1cccnc1C(NCCC(=O)Nc1ccc(C#N)cc1)C(C)C. The number of carbonyl (C=O) groups excluding carboxylic acids is 1. The molecule has 0 spiro atoms. The van der Waals surface area contributed by atoms with E-state index in [1.807, 2.05) is 6.07 Å². The number of pyridine rings is 1. The van der Waals surface area contributed by atoms with Gasteiger partial charge < -0.3 is 10.6 Å². The number of aromatic nitrogens is 1. The Balaban J connectivity index is 1.88. The van der Waals surface area contributed by atoms with Crippen LogP contribution in [0.5, 0.6) is 0 Å². The van der Waals surface area contributed by atoms with Crippen LogP contribution in [0.1, 0.15) is 43.1 Å². The fourth-order valence-electron chi connectivity index (χ4n) is 2.66. The second-order valence-corrected chi connectivity index (χ2v) is 6.37. The predicted octanol–water partition coefficient (Wildman–Crippen LogP) is 3.58. The maximum Gasteiger partial charge on any atom is 0.225 e. The summed E-state index contributed by atoms with van der Waals surface area (Å²) in [7, 11) is 0. The van der Waals surface area contributed by atoms with Gasteiger partial charge in [-0.1, -0.05) is 19.9 Å². The molecule has 0 saturated heterocycles. The van der Waals surface area contributed by atoms with Crippen molar-refractivity contribution in [3.63, 3.8) is 0 Å². The lowest BCUT2D eigenvalue weighted by Gasteiger charge is -2.23. The van der Waals surface area contributed by atoms with Crippen LogP contribution in [0.4, 0.5) is 5.69 Å². The van der Waals surface area contributed by atoms with E-state index >= 15 is 0 Å². The van der Waals surface area contributed by atoms with Crippen molar-refractivity contribution in [2.24, 2.45) is 5.92 Å². The zero-order valence-electron chi connectivity index (χ0n) is 14.9. The number of aryl methyl sites for hydroxylation is 1. The highest BCUT2D eigenvalue weighted by Gasteiger charge is 2.18. The fourth-order valence-corrected chi connectivity index (χ4v) is 2.66. The van der Waals surface area contributed by atoms with Crippen LogP contribution in [-0.2, 0) is 4.79 Å². The van der Waals surface area contributed by atoms with Gasteiger partial charge in [0.1, 0.15) is 0 Å². The van der Waals surface area contributed by atoms with E-state index in [0.29, 0.717) is 30.1 Å². The number of benzene rings is 1. The van der Waals surface area contributed by atoms with Crippen molar-refractivity contribution in [3.05, 3.63) is 59.4 Å². The average molecular weight is 336 g/mol. The Kier molecular flexibility index (Phi) is 6.67. The standard InChI is InChI=1S/C20H24N4O/c1-14(2)19(20-15(3)5-4-11-22-20)23-12-10-18(25)24-17-8-6-16(13-21)7-9-17/h4-9,11,14,19,23H,10,12H2,1-3H3,(H,24,25). The van der Waals surface area contributed by atoms with Crippen LogP contribution in [-0.4, -0.2) is 17.4 Å². The third kappa shape index (κ3) is 5.40. The second kappa shape index (κ2) is 8.95. The monoisotopic (exact) mass is 336 g/mol. The molecular formula is C20H24N4O. The lowest BCUT2D eigenvalue weighted by molar-refractivity contribution is -0.116. The maximum atomic E-state index is 12.1. The van der Waals surface area contributed by atoms with Gasteiger partial charge in [0, 0.05) is 24.8 Å². The van der Waals surface area contributed by atoms with Gasteiger partial charge in [0.15, 0.2) is 0 Å². The van der Waals surface area contributed by atoms with Gasteiger partial charge in [-0.15, -0.1) is 0 Å². The lowest BCUT2D eigenvalue weighted by atomic mass is 9.97. The molecule has 0 saturated carbocycles. The molecule has 0 aliphatic carbocycles. The van der Waals surface area contributed by atoms with Gasteiger partial charge >= 0.3 is 0 Å². The average Bonchev–Trinajstić information content (AvgIpc) is 2.60. The van der Waals surface area contributed by atoms with Crippen LogP contribution >= 0.6 is 0 Å². The minimum absolute atomic E-state index is 0.0579. The van der Waals surface area contributed by atoms with Crippen LogP contribution in [0.25, 0.3) is 0 Å². The van der Waals surface area contributed by atoms with E-state index in [2.05, 4.69) is 48.5 Å². The molecule has 0 fully saturated rings. The molecule has 5 nitrogen and oxygen atoms in total. The van der Waals surface area contributed by atoms with Gasteiger partial charge in [0.25, 0.3) is 0 Å². The van der Waals surface area contributed by atoms with Crippen LogP contribution in [0.2, 0.25) is 0 Å². The summed E-state index contributed by atoms with van der Waals surface area (Å²) in [5.74, 6) is 0.313. The number of rotatable bonds is 7. The Morgan fingerprint density at radius 2 is 1.96 bits per heavy atom. The highest BCUT2D eigenvalue weighted by molar-refractivity contribution is 5.90. The summed E-state index contributed by atoms with van der Waals surface area (Å²) in [6.45, 7) is 6.91. The first-order valence-electron chi connectivity index (χ1n) is 8.46. The highest BCUT2D eigenvalue weighted by atomic mass is 16.1. The second-order valence-electron chi connectivity index (χ2n) is 6.37. The molecule has 2 aromatic rings. The summed E-state index contributed by atoms with van der Waals surface area (Å²) >= 11 is 0. The number of nitrogens with one attached hydrogen (secondary N) is 2. The first-order chi connectivity index (χ1) is 12.0. The van der Waals surface area contributed by atoms with Crippen LogP contribution in [0.3, 0.4) is 0 Å². The third-order valence-electron chi connectivity index (χ3n) is 4.03. The number of anilines is 1. The number of carbonyl (C=O) groups is 1. The molecule has 1 unspecified atom stereocenters. The third-order valence-corrected chi connectivity index (χ3v) is 4.03. The minimum Gasteiger partial charge on any atom is -0.326 e. The van der Waals surface area contributed by atoms with Crippen LogP contribution < -0.4 is 10.6 Å². The summed E-state index contributed by atoms with van der Waals surface area (Å²) in [6.07, 6.45) is 2.17. The Morgan fingerprint density at radius 1 is 1.24 bits per heavy atom. The zero-order valence-corrected chi connectivity index (χ0v) is 14.9. The molecule has 0 bridgehead atoms. The first kappa shape index (κ1) is 18.6. The van der Waals surface area contributed by atoms with Crippen molar-refractivity contribution < 1.29 is 4.79 Å². The number of hydrogen-bond donors (Lipinski definition) is 2. The van der Waals surface area contributed by atoms with Gasteiger partial charge in [-0.05, 0) is 48.7 Å². The Bertz CT molecular complexity index is 747. The first-order valence-corrected chi connectivity index (χ1v) is 8.46. The molecule has 0 aliphatic rings.